The third-order valence-corrected chi connectivity index (χ3v) is 5.61. The number of imide groups is 1. The Bertz CT molecular complexity index is 908. The highest BCUT2D eigenvalue weighted by Gasteiger charge is 2.43. The van der Waals surface area contributed by atoms with Crippen molar-refractivity contribution >= 4 is 23.2 Å². The van der Waals surface area contributed by atoms with Crippen LogP contribution in [0.1, 0.15) is 6.42 Å². The van der Waals surface area contributed by atoms with E-state index >= 15 is 0 Å². The summed E-state index contributed by atoms with van der Waals surface area (Å²) in [5.74, 6) is 1.13. The molecule has 0 spiro atoms. The number of carbonyl (C=O) groups is 2. The normalized spacial score (nSPS) is 20.3. The smallest absolute Gasteiger partial charge is 0.251 e. The average Bonchev–Trinajstić information content (AvgIpc) is 3.07. The second-order valence-corrected chi connectivity index (χ2v) is 7.21. The van der Waals surface area contributed by atoms with Gasteiger partial charge in [-0.2, -0.15) is 0 Å². The maximum atomic E-state index is 13.0. The van der Waals surface area contributed by atoms with Gasteiger partial charge >= 0.3 is 0 Å². The van der Waals surface area contributed by atoms with Crippen LogP contribution in [0, 0.1) is 0 Å². The van der Waals surface area contributed by atoms with Gasteiger partial charge in [0.1, 0.15) is 11.5 Å². The predicted octanol–water partition coefficient (Wildman–Crippen LogP) is 2.16. The van der Waals surface area contributed by atoms with E-state index in [1.165, 1.54) is 4.90 Å². The highest BCUT2D eigenvalue weighted by molar-refractivity contribution is 6.22. The van der Waals surface area contributed by atoms with E-state index in [0.717, 1.165) is 37.6 Å². The van der Waals surface area contributed by atoms with Crippen molar-refractivity contribution in [3.8, 4) is 11.5 Å². The van der Waals surface area contributed by atoms with E-state index in [9.17, 15) is 9.59 Å². The van der Waals surface area contributed by atoms with Crippen molar-refractivity contribution in [2.45, 2.75) is 12.5 Å². The molecule has 0 unspecified atom stereocenters. The van der Waals surface area contributed by atoms with Gasteiger partial charge in [-0.05, 0) is 24.3 Å². The Kier molecular flexibility index (Phi) is 5.40. The second kappa shape index (κ2) is 8.13. The SMILES string of the molecule is COc1cccc(N2CCN([C@H]3CC(=O)N(c4cccc(OC)c4)C3=O)CC2)c1. The number of hydrogen-bond donors (Lipinski definition) is 0. The van der Waals surface area contributed by atoms with Crippen molar-refractivity contribution < 1.29 is 19.1 Å². The Hall–Kier alpha value is -3.06. The van der Waals surface area contributed by atoms with Gasteiger partial charge in [0.2, 0.25) is 5.91 Å². The summed E-state index contributed by atoms with van der Waals surface area (Å²) in [6, 6.07) is 14.7. The molecule has 2 heterocycles. The third kappa shape index (κ3) is 3.78. The zero-order valence-electron chi connectivity index (χ0n) is 16.7. The van der Waals surface area contributed by atoms with Gasteiger partial charge in [-0.3, -0.25) is 14.5 Å². The van der Waals surface area contributed by atoms with Crippen molar-refractivity contribution in [2.75, 3.05) is 50.2 Å². The molecule has 0 bridgehead atoms. The number of piperazine rings is 1. The van der Waals surface area contributed by atoms with E-state index in [1.807, 2.05) is 18.2 Å². The monoisotopic (exact) mass is 395 g/mol. The molecule has 2 aromatic carbocycles. The number of ether oxygens (including phenoxy) is 2. The van der Waals surface area contributed by atoms with Gasteiger partial charge in [0.05, 0.1) is 32.4 Å². The van der Waals surface area contributed by atoms with Gasteiger partial charge < -0.3 is 14.4 Å². The molecule has 2 saturated heterocycles. The van der Waals surface area contributed by atoms with Gasteiger partial charge in [0.25, 0.3) is 5.91 Å². The Balaban J connectivity index is 1.43. The fourth-order valence-electron chi connectivity index (χ4n) is 4.02. The van der Waals surface area contributed by atoms with Gasteiger partial charge in [-0.15, -0.1) is 0 Å². The van der Waals surface area contributed by atoms with Crippen LogP contribution in [0.25, 0.3) is 0 Å². The zero-order chi connectivity index (χ0) is 20.4. The van der Waals surface area contributed by atoms with Crippen molar-refractivity contribution in [3.05, 3.63) is 48.5 Å². The molecule has 4 rings (SSSR count). The van der Waals surface area contributed by atoms with E-state index in [0.29, 0.717) is 11.4 Å². The van der Waals surface area contributed by atoms with Crippen molar-refractivity contribution in [2.24, 2.45) is 0 Å². The molecule has 2 amide bonds. The maximum Gasteiger partial charge on any atom is 0.251 e. The molecule has 152 valence electrons. The number of hydrogen-bond acceptors (Lipinski definition) is 6. The van der Waals surface area contributed by atoms with Crippen molar-refractivity contribution in [3.63, 3.8) is 0 Å². The van der Waals surface area contributed by atoms with Crippen LogP contribution >= 0.6 is 0 Å². The minimum absolute atomic E-state index is 0.155. The first-order chi connectivity index (χ1) is 14.1. The number of rotatable bonds is 5. The fraction of sp³-hybridized carbons (Fsp3) is 0.364. The third-order valence-electron chi connectivity index (χ3n) is 5.61. The molecule has 0 saturated carbocycles. The molecule has 7 nitrogen and oxygen atoms in total. The average molecular weight is 395 g/mol. The molecule has 0 aliphatic carbocycles. The predicted molar refractivity (Wildman–Crippen MR) is 111 cm³/mol. The number of methoxy groups -OCH3 is 2. The summed E-state index contributed by atoms with van der Waals surface area (Å²) in [4.78, 5) is 31.3. The van der Waals surface area contributed by atoms with E-state index in [2.05, 4.69) is 15.9 Å². The fourth-order valence-corrected chi connectivity index (χ4v) is 4.02. The summed E-state index contributed by atoms with van der Waals surface area (Å²) in [5, 5.41) is 0. The summed E-state index contributed by atoms with van der Waals surface area (Å²) in [6.07, 6.45) is 0.217. The molecule has 0 aromatic heterocycles. The lowest BCUT2D eigenvalue weighted by atomic mass is 10.1. The molecular weight excluding hydrogens is 370 g/mol. The van der Waals surface area contributed by atoms with Gasteiger partial charge in [0, 0.05) is 44.0 Å². The Morgan fingerprint density at radius 1 is 0.828 bits per heavy atom. The number of benzene rings is 2. The van der Waals surface area contributed by atoms with Crippen LogP contribution in [0.2, 0.25) is 0 Å². The Morgan fingerprint density at radius 3 is 2.03 bits per heavy atom. The van der Waals surface area contributed by atoms with E-state index in [-0.39, 0.29) is 18.2 Å². The highest BCUT2D eigenvalue weighted by Crippen LogP contribution is 2.29. The lowest BCUT2D eigenvalue weighted by molar-refractivity contribution is -0.123. The van der Waals surface area contributed by atoms with Crippen molar-refractivity contribution in [1.82, 2.24) is 4.90 Å². The summed E-state index contributed by atoms with van der Waals surface area (Å²) < 4.78 is 10.5. The number of carbonyl (C=O) groups excluding carboxylic acids is 2. The lowest BCUT2D eigenvalue weighted by Gasteiger charge is -2.38. The maximum absolute atomic E-state index is 13.0. The van der Waals surface area contributed by atoms with E-state index < -0.39 is 6.04 Å². The summed E-state index contributed by atoms with van der Waals surface area (Å²) >= 11 is 0. The molecule has 2 aliphatic heterocycles. The van der Waals surface area contributed by atoms with E-state index in [4.69, 9.17) is 9.47 Å². The van der Waals surface area contributed by atoms with Gasteiger partial charge in [0.15, 0.2) is 0 Å². The molecule has 2 aliphatic rings. The van der Waals surface area contributed by atoms with Crippen LogP contribution in [0.15, 0.2) is 48.5 Å². The van der Waals surface area contributed by atoms with Crippen LogP contribution < -0.4 is 19.3 Å². The van der Waals surface area contributed by atoms with Crippen molar-refractivity contribution in [1.29, 1.82) is 0 Å². The van der Waals surface area contributed by atoms with Crippen LogP contribution in [0.3, 0.4) is 0 Å². The topological polar surface area (TPSA) is 62.3 Å². The van der Waals surface area contributed by atoms with Crippen LogP contribution in [0.5, 0.6) is 11.5 Å². The first-order valence-electron chi connectivity index (χ1n) is 9.74. The molecular formula is C22H25N3O4. The van der Waals surface area contributed by atoms with Crippen LogP contribution in [-0.2, 0) is 9.59 Å². The van der Waals surface area contributed by atoms with Crippen LogP contribution in [-0.4, -0.2) is 63.2 Å². The second-order valence-electron chi connectivity index (χ2n) is 7.21. The number of anilines is 2. The lowest BCUT2D eigenvalue weighted by Crippen LogP contribution is -2.52. The Morgan fingerprint density at radius 2 is 1.41 bits per heavy atom. The zero-order valence-corrected chi connectivity index (χ0v) is 16.7. The number of amides is 2. The van der Waals surface area contributed by atoms with Gasteiger partial charge in [-0.25, -0.2) is 4.90 Å². The summed E-state index contributed by atoms with van der Waals surface area (Å²) in [5.41, 5.74) is 1.67. The molecule has 2 fully saturated rings. The molecule has 7 heteroatoms. The first-order valence-corrected chi connectivity index (χ1v) is 9.74. The van der Waals surface area contributed by atoms with Crippen LogP contribution in [0.4, 0.5) is 11.4 Å². The molecule has 29 heavy (non-hydrogen) atoms. The standard InChI is InChI=1S/C22H25N3O4/c1-28-18-7-3-5-16(13-18)23-9-11-24(12-10-23)20-15-21(26)25(22(20)27)17-6-4-8-19(14-17)29-2/h3-8,13-14,20H,9-12,15H2,1-2H3/t20-/m0/s1. The summed E-state index contributed by atoms with van der Waals surface area (Å²) in [6.45, 7) is 3.05. The van der Waals surface area contributed by atoms with E-state index in [1.54, 1.807) is 38.5 Å². The van der Waals surface area contributed by atoms with Gasteiger partial charge in [-0.1, -0.05) is 12.1 Å². The largest absolute Gasteiger partial charge is 0.497 e. The highest BCUT2D eigenvalue weighted by atomic mass is 16.5. The molecule has 2 aromatic rings. The molecule has 1 atom stereocenters. The number of nitrogens with zero attached hydrogens (tertiary/aromatic N) is 3. The summed E-state index contributed by atoms with van der Waals surface area (Å²) in [7, 11) is 3.23. The quantitative estimate of drug-likeness (QED) is 0.723. The minimum atomic E-state index is -0.402. The minimum Gasteiger partial charge on any atom is -0.497 e. The molecule has 0 radical (unpaired) electrons. The Labute approximate surface area is 170 Å². The first kappa shape index (κ1) is 19.3. The molecule has 0 N–H and O–H groups in total.